The number of hydrogen-bond donors (Lipinski definition) is 0. The Kier molecular flexibility index (Phi) is 7.67. The molecule has 5 heterocycles. The van der Waals surface area contributed by atoms with Gasteiger partial charge in [0.15, 0.2) is 28.9 Å². The van der Waals surface area contributed by atoms with Gasteiger partial charge in [-0.05, 0) is 65.4 Å². The average Bonchev–Trinajstić information content (AvgIpc) is 3.87. The Balaban J connectivity index is 0.950. The highest BCUT2D eigenvalue weighted by Gasteiger charge is 2.20. The fourth-order valence-corrected chi connectivity index (χ4v) is 8.22. The minimum atomic E-state index is 0.526. The van der Waals surface area contributed by atoms with E-state index >= 15 is 0 Å². The number of rotatable bonds is 6. The summed E-state index contributed by atoms with van der Waals surface area (Å²) in [5.41, 5.74) is 10.4. The second-order valence-electron chi connectivity index (χ2n) is 14.8. The first-order valence-electron chi connectivity index (χ1n) is 19.8. The van der Waals surface area contributed by atoms with Crippen LogP contribution in [-0.2, 0) is 0 Å². The highest BCUT2D eigenvalue weighted by atomic mass is 16.3. The maximum atomic E-state index is 6.31. The zero-order valence-electron chi connectivity index (χ0n) is 31.9. The Labute approximate surface area is 343 Å². The van der Waals surface area contributed by atoms with Crippen molar-refractivity contribution >= 4 is 54.8 Å². The molecule has 280 valence electrons. The standard InChI is InChI=1S/C52H31N7O/c1-2-12-33(13-3-1)49-56-50(58-51(57-49)36-26-28-39(29-27-36)59-43-18-8-6-15-40(43)41-16-7-9-19-44(41)59)35-23-21-34(22-24-35)48-54-45(38-25-20-32-11-4-5-14-37(32)31-38)47-46(55-48)42-17-10-30-53-52(42)60-47/h1-31H. The Hall–Kier alpha value is -8.36. The summed E-state index contributed by atoms with van der Waals surface area (Å²) in [6.07, 6.45) is 1.73. The highest BCUT2D eigenvalue weighted by Crippen LogP contribution is 2.37. The third-order valence-corrected chi connectivity index (χ3v) is 11.1. The molecule has 0 aliphatic heterocycles. The third-order valence-electron chi connectivity index (χ3n) is 11.1. The van der Waals surface area contributed by atoms with Crippen LogP contribution in [0.25, 0.3) is 117 Å². The molecule has 0 amide bonds. The largest absolute Gasteiger partial charge is 0.434 e. The molecule has 0 saturated heterocycles. The topological polar surface area (TPSA) is 95.4 Å². The average molecular weight is 770 g/mol. The Bertz CT molecular complexity index is 3540. The Morgan fingerprint density at radius 2 is 0.900 bits per heavy atom. The summed E-state index contributed by atoms with van der Waals surface area (Å²) in [6, 6.07) is 62.1. The molecule has 0 radical (unpaired) electrons. The van der Waals surface area contributed by atoms with E-state index in [-0.39, 0.29) is 0 Å². The van der Waals surface area contributed by atoms with E-state index in [0.717, 1.165) is 60.7 Å². The zero-order valence-corrected chi connectivity index (χ0v) is 31.9. The van der Waals surface area contributed by atoms with Crippen molar-refractivity contribution in [3.8, 4) is 62.5 Å². The molecular weight excluding hydrogens is 739 g/mol. The summed E-state index contributed by atoms with van der Waals surface area (Å²) in [4.78, 5) is 29.8. The molecule has 0 aliphatic rings. The molecule has 8 heteroatoms. The first-order valence-corrected chi connectivity index (χ1v) is 19.8. The number of furan rings is 1. The molecule has 7 aromatic carbocycles. The van der Waals surface area contributed by atoms with E-state index in [4.69, 9.17) is 29.3 Å². The van der Waals surface area contributed by atoms with Crippen molar-refractivity contribution in [1.82, 2.24) is 34.5 Å². The number of fused-ring (bicyclic) bond motifs is 7. The number of pyridine rings is 1. The molecule has 0 saturated carbocycles. The van der Waals surface area contributed by atoms with Crippen LogP contribution in [0.3, 0.4) is 0 Å². The summed E-state index contributed by atoms with van der Waals surface area (Å²) in [5, 5.41) is 5.56. The lowest BCUT2D eigenvalue weighted by molar-refractivity contribution is 0.652. The van der Waals surface area contributed by atoms with Crippen LogP contribution in [0.1, 0.15) is 0 Å². The molecule has 0 atom stereocenters. The van der Waals surface area contributed by atoms with E-state index in [9.17, 15) is 0 Å². The van der Waals surface area contributed by atoms with Crippen LogP contribution in [0, 0.1) is 0 Å². The highest BCUT2D eigenvalue weighted by molar-refractivity contribution is 6.09. The molecule has 0 spiro atoms. The van der Waals surface area contributed by atoms with Gasteiger partial charge < -0.3 is 8.98 Å². The van der Waals surface area contributed by atoms with E-state index in [1.54, 1.807) is 6.20 Å². The van der Waals surface area contributed by atoms with Gasteiger partial charge in [-0.2, -0.15) is 0 Å². The quantitative estimate of drug-likeness (QED) is 0.166. The van der Waals surface area contributed by atoms with Crippen molar-refractivity contribution in [3.05, 3.63) is 188 Å². The Morgan fingerprint density at radius 1 is 0.383 bits per heavy atom. The first kappa shape index (κ1) is 33.7. The molecular formula is C52H31N7O. The maximum absolute atomic E-state index is 6.31. The van der Waals surface area contributed by atoms with Crippen LogP contribution in [-0.4, -0.2) is 34.5 Å². The van der Waals surface area contributed by atoms with Gasteiger partial charge in [-0.1, -0.05) is 127 Å². The molecule has 0 fully saturated rings. The van der Waals surface area contributed by atoms with Crippen molar-refractivity contribution in [2.45, 2.75) is 0 Å². The summed E-state index contributed by atoms with van der Waals surface area (Å²) in [7, 11) is 0. The van der Waals surface area contributed by atoms with Gasteiger partial charge in [-0.3, -0.25) is 0 Å². The lowest BCUT2D eigenvalue weighted by atomic mass is 10.0. The van der Waals surface area contributed by atoms with E-state index in [1.165, 1.54) is 10.8 Å². The first-order chi connectivity index (χ1) is 29.7. The molecule has 8 nitrogen and oxygen atoms in total. The van der Waals surface area contributed by atoms with Gasteiger partial charge in [0.05, 0.1) is 16.4 Å². The van der Waals surface area contributed by atoms with Gasteiger partial charge in [0.25, 0.3) is 0 Å². The molecule has 0 unspecified atom stereocenters. The summed E-state index contributed by atoms with van der Waals surface area (Å²) in [5.74, 6) is 2.33. The predicted octanol–water partition coefficient (Wildman–Crippen LogP) is 12.5. The predicted molar refractivity (Wildman–Crippen MR) is 240 cm³/mol. The molecule has 12 aromatic rings. The fourth-order valence-electron chi connectivity index (χ4n) is 8.22. The minimum Gasteiger partial charge on any atom is -0.434 e. The van der Waals surface area contributed by atoms with Crippen LogP contribution in [0.5, 0.6) is 0 Å². The van der Waals surface area contributed by atoms with Crippen LogP contribution in [0.15, 0.2) is 193 Å². The number of aromatic nitrogens is 7. The van der Waals surface area contributed by atoms with Crippen LogP contribution in [0.2, 0.25) is 0 Å². The summed E-state index contributed by atoms with van der Waals surface area (Å²) >= 11 is 0. The van der Waals surface area contributed by atoms with Gasteiger partial charge in [0.1, 0.15) is 11.2 Å². The van der Waals surface area contributed by atoms with Crippen molar-refractivity contribution in [3.63, 3.8) is 0 Å². The number of benzene rings is 7. The number of para-hydroxylation sites is 2. The van der Waals surface area contributed by atoms with Gasteiger partial charge in [0.2, 0.25) is 5.71 Å². The molecule has 5 aromatic heterocycles. The van der Waals surface area contributed by atoms with Crippen molar-refractivity contribution < 1.29 is 4.42 Å². The maximum Gasteiger partial charge on any atom is 0.229 e. The summed E-state index contributed by atoms with van der Waals surface area (Å²) in [6.45, 7) is 0. The SMILES string of the molecule is c1ccc(-c2nc(-c3ccc(-c4nc(-c5ccc6ccccc6c5)c5oc6ncccc6c5n4)cc3)nc(-c3ccc(-n4c5ccccc5c5ccccc54)cc3)n2)cc1. The number of hydrogen-bond acceptors (Lipinski definition) is 7. The molecule has 0 bridgehead atoms. The fraction of sp³-hybridized carbons (Fsp3) is 0. The lowest BCUT2D eigenvalue weighted by Crippen LogP contribution is -2.01. The number of nitrogens with zero attached hydrogens (tertiary/aromatic N) is 7. The van der Waals surface area contributed by atoms with Crippen LogP contribution < -0.4 is 0 Å². The van der Waals surface area contributed by atoms with Crippen molar-refractivity contribution in [1.29, 1.82) is 0 Å². The van der Waals surface area contributed by atoms with Crippen molar-refractivity contribution in [2.24, 2.45) is 0 Å². The van der Waals surface area contributed by atoms with Gasteiger partial charge in [0, 0.05) is 50.5 Å². The molecule has 0 aliphatic carbocycles. The van der Waals surface area contributed by atoms with Gasteiger partial charge >= 0.3 is 0 Å². The van der Waals surface area contributed by atoms with Crippen molar-refractivity contribution in [2.75, 3.05) is 0 Å². The van der Waals surface area contributed by atoms with E-state index in [2.05, 4.69) is 113 Å². The summed E-state index contributed by atoms with van der Waals surface area (Å²) < 4.78 is 8.62. The molecule has 12 rings (SSSR count). The van der Waals surface area contributed by atoms with Gasteiger partial charge in [-0.15, -0.1) is 0 Å². The van der Waals surface area contributed by atoms with Crippen LogP contribution in [0.4, 0.5) is 0 Å². The van der Waals surface area contributed by atoms with E-state index in [1.807, 2.05) is 78.9 Å². The van der Waals surface area contributed by atoms with E-state index in [0.29, 0.717) is 45.8 Å². The normalized spacial score (nSPS) is 11.7. The lowest BCUT2D eigenvalue weighted by Gasteiger charge is -2.11. The van der Waals surface area contributed by atoms with E-state index < -0.39 is 0 Å². The second kappa shape index (κ2) is 13.6. The smallest absolute Gasteiger partial charge is 0.229 e. The zero-order chi connectivity index (χ0) is 39.6. The third kappa shape index (κ3) is 5.61. The minimum absolute atomic E-state index is 0.526. The van der Waals surface area contributed by atoms with Crippen LogP contribution >= 0.6 is 0 Å². The second-order valence-corrected chi connectivity index (χ2v) is 14.8. The van der Waals surface area contributed by atoms with Gasteiger partial charge in [-0.25, -0.2) is 29.9 Å². The molecule has 0 N–H and O–H groups in total. The molecule has 60 heavy (non-hydrogen) atoms. The monoisotopic (exact) mass is 769 g/mol. The Morgan fingerprint density at radius 3 is 1.57 bits per heavy atom.